The number of thiophene rings is 1. The first-order valence-electron chi connectivity index (χ1n) is 6.49. The Hall–Kier alpha value is -1.55. The van der Waals surface area contributed by atoms with Gasteiger partial charge in [0.2, 0.25) is 0 Å². The molecular formula is C17H18NPS. The minimum Gasteiger partial charge on any atom is -0.353 e. The molecular weight excluding hydrogens is 281 g/mol. The lowest BCUT2D eigenvalue weighted by Crippen LogP contribution is -2.02. The van der Waals surface area contributed by atoms with E-state index in [0.29, 0.717) is 0 Å². The largest absolute Gasteiger partial charge is 0.353 e. The van der Waals surface area contributed by atoms with Crippen LogP contribution < -0.4 is 5.09 Å². The van der Waals surface area contributed by atoms with Crippen LogP contribution in [-0.2, 0) is 0 Å². The molecule has 1 aromatic carbocycles. The van der Waals surface area contributed by atoms with Gasteiger partial charge in [-0.3, -0.25) is 0 Å². The highest BCUT2D eigenvalue weighted by Crippen LogP contribution is 2.34. The standard InChI is InChI=1S/C17H18NPS/c1-4-6-10-15(18-19(3)12-5-2)17-13-14-9-7-8-11-16(14)20-17/h4,6-11,13,18H,1-3H3/b6-4-,15-10-. The summed E-state index contributed by atoms with van der Waals surface area (Å²) in [5.41, 5.74) is 4.35. The van der Waals surface area contributed by atoms with E-state index in [4.69, 9.17) is 0 Å². The van der Waals surface area contributed by atoms with Crippen LogP contribution in [0.3, 0.4) is 0 Å². The number of allylic oxidation sites excluding steroid dienone is 3. The van der Waals surface area contributed by atoms with Crippen LogP contribution in [-0.4, -0.2) is 6.66 Å². The zero-order chi connectivity index (χ0) is 14.4. The second kappa shape index (κ2) is 7.29. The molecule has 0 aliphatic heterocycles. The van der Waals surface area contributed by atoms with E-state index in [-0.39, 0.29) is 0 Å². The highest BCUT2D eigenvalue weighted by molar-refractivity contribution is 7.60. The molecule has 20 heavy (non-hydrogen) atoms. The average Bonchev–Trinajstić information content (AvgIpc) is 2.87. The van der Waals surface area contributed by atoms with Crippen molar-refractivity contribution in [3.8, 4) is 11.6 Å². The topological polar surface area (TPSA) is 12.0 Å². The SMILES string of the molecule is CC#CP(C)N/C(=C\C=C/C)c1cc2ccccc2s1. The number of benzene rings is 1. The van der Waals surface area contributed by atoms with Gasteiger partial charge < -0.3 is 5.09 Å². The average molecular weight is 299 g/mol. The Morgan fingerprint density at radius 1 is 1.35 bits per heavy atom. The van der Waals surface area contributed by atoms with Gasteiger partial charge in [0.15, 0.2) is 0 Å². The van der Waals surface area contributed by atoms with Gasteiger partial charge in [0.05, 0.1) is 18.6 Å². The van der Waals surface area contributed by atoms with E-state index in [1.165, 1.54) is 15.0 Å². The maximum absolute atomic E-state index is 3.54. The van der Waals surface area contributed by atoms with E-state index in [2.05, 4.69) is 65.8 Å². The highest BCUT2D eigenvalue weighted by Gasteiger charge is 2.08. The Morgan fingerprint density at radius 3 is 2.85 bits per heavy atom. The lowest BCUT2D eigenvalue weighted by Gasteiger charge is -2.11. The summed E-state index contributed by atoms with van der Waals surface area (Å²) < 4.78 is 1.32. The predicted molar refractivity (Wildman–Crippen MR) is 94.0 cm³/mol. The number of rotatable bonds is 4. The van der Waals surface area contributed by atoms with E-state index in [1.54, 1.807) is 0 Å². The van der Waals surface area contributed by atoms with Gasteiger partial charge in [0.25, 0.3) is 0 Å². The monoisotopic (exact) mass is 299 g/mol. The molecule has 102 valence electrons. The van der Waals surface area contributed by atoms with Crippen molar-refractivity contribution in [3.63, 3.8) is 0 Å². The van der Waals surface area contributed by atoms with Gasteiger partial charge >= 0.3 is 0 Å². The van der Waals surface area contributed by atoms with Gasteiger partial charge in [-0.05, 0) is 44.1 Å². The van der Waals surface area contributed by atoms with E-state index in [0.717, 1.165) is 5.70 Å². The quantitative estimate of drug-likeness (QED) is 0.452. The van der Waals surface area contributed by atoms with Crippen LogP contribution in [0.5, 0.6) is 0 Å². The third kappa shape index (κ3) is 3.73. The Bertz CT molecular complexity index is 667. The van der Waals surface area contributed by atoms with Crippen molar-refractivity contribution in [3.05, 3.63) is 53.4 Å². The fourth-order valence-electron chi connectivity index (χ4n) is 1.86. The molecule has 0 saturated carbocycles. The summed E-state index contributed by atoms with van der Waals surface area (Å²) >= 11 is 1.81. The van der Waals surface area contributed by atoms with Gasteiger partial charge in [-0.25, -0.2) is 0 Å². The van der Waals surface area contributed by atoms with Crippen molar-refractivity contribution >= 4 is 35.2 Å². The highest BCUT2D eigenvalue weighted by atomic mass is 32.1. The van der Waals surface area contributed by atoms with Crippen LogP contribution in [0, 0.1) is 11.6 Å². The second-order valence-corrected chi connectivity index (χ2v) is 6.94. The Balaban J connectivity index is 2.36. The van der Waals surface area contributed by atoms with Gasteiger partial charge in [0.1, 0.15) is 0 Å². The molecule has 1 atom stereocenters. The third-order valence-electron chi connectivity index (χ3n) is 2.71. The first kappa shape index (κ1) is 14.9. The first-order chi connectivity index (χ1) is 9.74. The van der Waals surface area contributed by atoms with Gasteiger partial charge in [-0.1, -0.05) is 36.0 Å². The molecule has 1 nitrogen and oxygen atoms in total. The number of hydrogen-bond donors (Lipinski definition) is 1. The zero-order valence-electron chi connectivity index (χ0n) is 12.0. The van der Waals surface area contributed by atoms with E-state index >= 15 is 0 Å². The summed E-state index contributed by atoms with van der Waals surface area (Å²) in [7, 11) is -0.496. The molecule has 1 aromatic heterocycles. The number of nitrogens with one attached hydrogen (secondary N) is 1. The Labute approximate surface area is 126 Å². The third-order valence-corrected chi connectivity index (χ3v) is 5.00. The van der Waals surface area contributed by atoms with Crippen molar-refractivity contribution in [1.29, 1.82) is 0 Å². The van der Waals surface area contributed by atoms with E-state index in [9.17, 15) is 0 Å². The summed E-state index contributed by atoms with van der Waals surface area (Å²) in [6.45, 7) is 6.05. The molecule has 1 N–H and O–H groups in total. The maximum atomic E-state index is 3.54. The molecule has 2 rings (SSSR count). The van der Waals surface area contributed by atoms with E-state index < -0.39 is 8.07 Å². The summed E-state index contributed by atoms with van der Waals surface area (Å²) in [5, 5.41) is 4.84. The first-order valence-corrected chi connectivity index (χ1v) is 9.10. The van der Waals surface area contributed by atoms with Crippen molar-refractivity contribution in [2.24, 2.45) is 0 Å². The van der Waals surface area contributed by atoms with Gasteiger partial charge in [-0.15, -0.1) is 17.3 Å². The summed E-state index contributed by atoms with van der Waals surface area (Å²) in [6.07, 6.45) is 6.23. The number of hydrogen-bond acceptors (Lipinski definition) is 2. The maximum Gasteiger partial charge on any atom is 0.0647 e. The smallest absolute Gasteiger partial charge is 0.0647 e. The van der Waals surface area contributed by atoms with Crippen LogP contribution in [0.25, 0.3) is 15.8 Å². The van der Waals surface area contributed by atoms with E-state index in [1.807, 2.05) is 31.3 Å². The molecule has 0 fully saturated rings. The summed E-state index contributed by atoms with van der Waals surface area (Å²) in [6, 6.07) is 10.7. The zero-order valence-corrected chi connectivity index (χ0v) is 13.7. The molecule has 1 heterocycles. The van der Waals surface area contributed by atoms with Crippen molar-refractivity contribution in [2.75, 3.05) is 6.66 Å². The van der Waals surface area contributed by atoms with Crippen molar-refractivity contribution in [1.82, 2.24) is 5.09 Å². The van der Waals surface area contributed by atoms with Crippen LogP contribution in [0.4, 0.5) is 0 Å². The normalized spacial score (nSPS) is 13.2. The fourth-order valence-corrected chi connectivity index (χ4v) is 3.92. The molecule has 0 aliphatic carbocycles. The molecule has 0 bridgehead atoms. The van der Waals surface area contributed by atoms with Gasteiger partial charge in [0, 0.05) is 4.70 Å². The molecule has 1 unspecified atom stereocenters. The summed E-state index contributed by atoms with van der Waals surface area (Å²) in [5.74, 6) is 2.98. The second-order valence-electron chi connectivity index (χ2n) is 4.29. The van der Waals surface area contributed by atoms with Crippen molar-refractivity contribution < 1.29 is 0 Å². The van der Waals surface area contributed by atoms with Crippen LogP contribution in [0.2, 0.25) is 0 Å². The van der Waals surface area contributed by atoms with Crippen LogP contribution >= 0.6 is 19.4 Å². The predicted octanol–water partition coefficient (Wildman–Crippen LogP) is 5.42. The molecule has 0 radical (unpaired) electrons. The Kier molecular flexibility index (Phi) is 5.41. The lowest BCUT2D eigenvalue weighted by atomic mass is 10.2. The minimum atomic E-state index is -0.496. The van der Waals surface area contributed by atoms with Crippen LogP contribution in [0.1, 0.15) is 18.7 Å². The molecule has 0 aliphatic rings. The molecule has 0 amide bonds. The molecule has 2 aromatic rings. The van der Waals surface area contributed by atoms with Crippen molar-refractivity contribution in [2.45, 2.75) is 13.8 Å². The Morgan fingerprint density at radius 2 is 2.15 bits per heavy atom. The van der Waals surface area contributed by atoms with Crippen LogP contribution in [0.15, 0.2) is 48.6 Å². The lowest BCUT2D eigenvalue weighted by molar-refractivity contribution is 1.42. The number of fused-ring (bicyclic) bond motifs is 1. The molecule has 0 spiro atoms. The minimum absolute atomic E-state index is 0.496. The fraction of sp³-hybridized carbons (Fsp3) is 0.176. The summed E-state index contributed by atoms with van der Waals surface area (Å²) in [4.78, 5) is 1.26. The molecule has 0 saturated heterocycles. The van der Waals surface area contributed by atoms with Gasteiger partial charge in [-0.2, -0.15) is 0 Å². The molecule has 3 heteroatoms.